The van der Waals surface area contributed by atoms with Gasteiger partial charge in [-0.25, -0.2) is 4.90 Å². The standard InChI is InChI=1S/C18H15N3O5/c1-12-10-19(11-22)15-8-4-5-9-16(15)20(17(12)23)18(24)13-6-2-3-7-14(13)21(25)26/h2-9,11-12H,10H2,1H3. The summed E-state index contributed by atoms with van der Waals surface area (Å²) < 4.78 is 0. The van der Waals surface area contributed by atoms with Gasteiger partial charge >= 0.3 is 0 Å². The summed E-state index contributed by atoms with van der Waals surface area (Å²) >= 11 is 0. The van der Waals surface area contributed by atoms with Gasteiger partial charge in [0.1, 0.15) is 5.56 Å². The van der Waals surface area contributed by atoms with Gasteiger partial charge in [-0.1, -0.05) is 31.2 Å². The number of hydrogen-bond acceptors (Lipinski definition) is 5. The summed E-state index contributed by atoms with van der Waals surface area (Å²) in [6.45, 7) is 1.71. The molecule has 1 aliphatic heterocycles. The predicted molar refractivity (Wildman–Crippen MR) is 93.9 cm³/mol. The zero-order valence-electron chi connectivity index (χ0n) is 13.9. The third-order valence-corrected chi connectivity index (χ3v) is 4.21. The Hall–Kier alpha value is -3.55. The summed E-state index contributed by atoms with van der Waals surface area (Å²) in [7, 11) is 0. The molecule has 2 aromatic carbocycles. The fourth-order valence-corrected chi connectivity index (χ4v) is 2.95. The zero-order valence-corrected chi connectivity index (χ0v) is 13.9. The van der Waals surface area contributed by atoms with Crippen LogP contribution in [0.3, 0.4) is 0 Å². The molecule has 132 valence electrons. The molecule has 1 atom stereocenters. The van der Waals surface area contributed by atoms with Crippen LogP contribution in [0.1, 0.15) is 17.3 Å². The van der Waals surface area contributed by atoms with Gasteiger partial charge in [0.25, 0.3) is 11.6 Å². The lowest BCUT2D eigenvalue weighted by atomic mass is 10.1. The first-order chi connectivity index (χ1) is 12.5. The van der Waals surface area contributed by atoms with Crippen molar-refractivity contribution in [1.29, 1.82) is 0 Å². The molecule has 1 aliphatic rings. The summed E-state index contributed by atoms with van der Waals surface area (Å²) in [4.78, 5) is 50.3. The average molecular weight is 353 g/mol. The summed E-state index contributed by atoms with van der Waals surface area (Å²) in [5.41, 5.74) is 0.0450. The summed E-state index contributed by atoms with van der Waals surface area (Å²) in [5, 5.41) is 11.3. The predicted octanol–water partition coefficient (Wildman–Crippen LogP) is 2.38. The molecular weight excluding hydrogens is 338 g/mol. The molecule has 8 heteroatoms. The SMILES string of the molecule is CC1CN(C=O)c2ccccc2N(C(=O)c2ccccc2[N+](=O)[O-])C1=O. The second kappa shape index (κ2) is 6.75. The molecular formula is C18H15N3O5. The van der Waals surface area contributed by atoms with E-state index in [0.29, 0.717) is 12.1 Å². The smallest absolute Gasteiger partial charge is 0.282 e. The number of nitro groups is 1. The zero-order chi connectivity index (χ0) is 18.8. The van der Waals surface area contributed by atoms with Gasteiger partial charge in [-0.2, -0.15) is 0 Å². The highest BCUT2D eigenvalue weighted by Gasteiger charge is 2.37. The maximum atomic E-state index is 13.1. The van der Waals surface area contributed by atoms with E-state index in [4.69, 9.17) is 0 Å². The summed E-state index contributed by atoms with van der Waals surface area (Å²) in [6.07, 6.45) is 0.599. The van der Waals surface area contributed by atoms with E-state index in [1.807, 2.05) is 0 Å². The van der Waals surface area contributed by atoms with Crippen molar-refractivity contribution in [1.82, 2.24) is 0 Å². The van der Waals surface area contributed by atoms with Crippen LogP contribution >= 0.6 is 0 Å². The molecule has 0 fully saturated rings. The Kier molecular flexibility index (Phi) is 4.49. The fourth-order valence-electron chi connectivity index (χ4n) is 2.95. The number of nitrogens with zero attached hydrogens (tertiary/aromatic N) is 3. The molecule has 0 N–H and O–H groups in total. The fraction of sp³-hybridized carbons (Fsp3) is 0.167. The van der Waals surface area contributed by atoms with Gasteiger partial charge in [0.05, 0.1) is 22.2 Å². The number of rotatable bonds is 3. The Balaban J connectivity index is 2.19. The third kappa shape index (κ3) is 2.81. The highest BCUT2D eigenvalue weighted by Crippen LogP contribution is 2.35. The van der Waals surface area contributed by atoms with Gasteiger partial charge in [-0.15, -0.1) is 0 Å². The number of amides is 3. The van der Waals surface area contributed by atoms with Gasteiger partial charge in [-0.05, 0) is 18.2 Å². The number of benzene rings is 2. The van der Waals surface area contributed by atoms with Crippen LogP contribution in [-0.2, 0) is 9.59 Å². The Morgan fingerprint density at radius 2 is 1.77 bits per heavy atom. The maximum absolute atomic E-state index is 13.1. The van der Waals surface area contributed by atoms with Crippen molar-refractivity contribution in [2.75, 3.05) is 16.3 Å². The Morgan fingerprint density at radius 1 is 1.15 bits per heavy atom. The first-order valence-electron chi connectivity index (χ1n) is 7.88. The van der Waals surface area contributed by atoms with Crippen molar-refractivity contribution in [3.05, 3.63) is 64.2 Å². The third-order valence-electron chi connectivity index (χ3n) is 4.21. The number of carbonyl (C=O) groups is 3. The largest absolute Gasteiger partial charge is 0.312 e. The van der Waals surface area contributed by atoms with Crippen LogP contribution in [0.15, 0.2) is 48.5 Å². The number of carbonyl (C=O) groups excluding carboxylic acids is 3. The van der Waals surface area contributed by atoms with Crippen molar-refractivity contribution < 1.29 is 19.3 Å². The molecule has 26 heavy (non-hydrogen) atoms. The van der Waals surface area contributed by atoms with Crippen LogP contribution in [0.2, 0.25) is 0 Å². The first kappa shape index (κ1) is 17.3. The van der Waals surface area contributed by atoms with Crippen molar-refractivity contribution in [3.8, 4) is 0 Å². The second-order valence-corrected chi connectivity index (χ2v) is 5.90. The van der Waals surface area contributed by atoms with Crippen molar-refractivity contribution in [2.45, 2.75) is 6.92 Å². The van der Waals surface area contributed by atoms with E-state index in [1.54, 1.807) is 25.1 Å². The molecule has 0 aromatic heterocycles. The molecule has 0 spiro atoms. The minimum Gasteiger partial charge on any atom is -0.312 e. The lowest BCUT2D eigenvalue weighted by Gasteiger charge is -2.22. The average Bonchev–Trinajstić information content (AvgIpc) is 2.76. The number of anilines is 2. The monoisotopic (exact) mass is 353 g/mol. The molecule has 0 bridgehead atoms. The number of imide groups is 1. The van der Waals surface area contributed by atoms with Crippen molar-refractivity contribution in [2.24, 2.45) is 5.92 Å². The van der Waals surface area contributed by atoms with Crippen LogP contribution in [-0.4, -0.2) is 29.7 Å². The van der Waals surface area contributed by atoms with E-state index in [2.05, 4.69) is 0 Å². The molecule has 8 nitrogen and oxygen atoms in total. The van der Waals surface area contributed by atoms with Gasteiger partial charge in [0.2, 0.25) is 12.3 Å². The number of hydrogen-bond donors (Lipinski definition) is 0. The number of nitro benzene ring substituents is 1. The topological polar surface area (TPSA) is 101 Å². The molecule has 0 saturated carbocycles. The minimum atomic E-state index is -0.797. The van der Waals surface area contributed by atoms with E-state index in [0.717, 1.165) is 4.90 Å². The quantitative estimate of drug-likeness (QED) is 0.365. The molecule has 2 aromatic rings. The van der Waals surface area contributed by atoms with Crippen LogP contribution in [0.4, 0.5) is 17.1 Å². The van der Waals surface area contributed by atoms with Crippen LogP contribution in [0.5, 0.6) is 0 Å². The van der Waals surface area contributed by atoms with E-state index in [-0.39, 0.29) is 23.5 Å². The Labute approximate surface area is 148 Å². The van der Waals surface area contributed by atoms with E-state index < -0.39 is 22.7 Å². The van der Waals surface area contributed by atoms with Crippen molar-refractivity contribution >= 4 is 35.3 Å². The van der Waals surface area contributed by atoms with Gasteiger partial charge in [-0.3, -0.25) is 24.5 Å². The molecule has 0 radical (unpaired) electrons. The normalized spacial score (nSPS) is 16.7. The van der Waals surface area contributed by atoms with E-state index in [1.165, 1.54) is 35.2 Å². The number of para-hydroxylation sites is 3. The lowest BCUT2D eigenvalue weighted by molar-refractivity contribution is -0.385. The highest BCUT2D eigenvalue weighted by molar-refractivity contribution is 6.24. The molecule has 3 rings (SSSR count). The molecule has 1 heterocycles. The molecule has 0 saturated heterocycles. The second-order valence-electron chi connectivity index (χ2n) is 5.90. The summed E-state index contributed by atoms with van der Waals surface area (Å²) in [6, 6.07) is 11.9. The van der Waals surface area contributed by atoms with Gasteiger partial charge < -0.3 is 4.90 Å². The lowest BCUT2D eigenvalue weighted by Crippen LogP contribution is -2.41. The van der Waals surface area contributed by atoms with Gasteiger partial charge in [0.15, 0.2) is 0 Å². The highest BCUT2D eigenvalue weighted by atomic mass is 16.6. The van der Waals surface area contributed by atoms with Crippen LogP contribution < -0.4 is 9.80 Å². The molecule has 3 amide bonds. The van der Waals surface area contributed by atoms with E-state index in [9.17, 15) is 24.5 Å². The van der Waals surface area contributed by atoms with E-state index >= 15 is 0 Å². The van der Waals surface area contributed by atoms with Gasteiger partial charge in [0, 0.05) is 12.6 Å². The summed E-state index contributed by atoms with van der Waals surface area (Å²) in [5.74, 6) is -1.97. The van der Waals surface area contributed by atoms with Crippen LogP contribution in [0.25, 0.3) is 0 Å². The molecule has 1 unspecified atom stereocenters. The number of fused-ring (bicyclic) bond motifs is 1. The van der Waals surface area contributed by atoms with Crippen molar-refractivity contribution in [3.63, 3.8) is 0 Å². The first-order valence-corrected chi connectivity index (χ1v) is 7.88. The molecule has 0 aliphatic carbocycles. The Morgan fingerprint density at radius 3 is 2.42 bits per heavy atom. The van der Waals surface area contributed by atoms with Crippen LogP contribution in [0, 0.1) is 16.0 Å². The Bertz CT molecular complexity index is 911. The minimum absolute atomic E-state index is 0.111. The maximum Gasteiger partial charge on any atom is 0.282 e.